The molecule has 0 spiro atoms. The lowest BCUT2D eigenvalue weighted by molar-refractivity contribution is -0.127. The molecule has 0 aliphatic carbocycles. The van der Waals surface area contributed by atoms with Crippen molar-refractivity contribution in [3.05, 3.63) is 101 Å². The number of carbonyl (C=O) groups excluding carboxylic acids is 2. The zero-order chi connectivity index (χ0) is 24.1. The van der Waals surface area contributed by atoms with E-state index in [1.54, 1.807) is 36.1 Å². The number of primary amides is 1. The van der Waals surface area contributed by atoms with Gasteiger partial charge < -0.3 is 20.9 Å². The number of rotatable bonds is 8. The molecule has 3 aromatic carbocycles. The van der Waals surface area contributed by atoms with Crippen LogP contribution >= 0.6 is 11.6 Å². The lowest BCUT2D eigenvalue weighted by atomic mass is 9.89. The van der Waals surface area contributed by atoms with E-state index in [0.717, 1.165) is 22.0 Å². The van der Waals surface area contributed by atoms with Crippen LogP contribution < -0.4 is 11.1 Å². The third-order valence-electron chi connectivity index (χ3n) is 6.14. The lowest BCUT2D eigenvalue weighted by Gasteiger charge is -2.39. The normalized spacial score (nSPS) is 12.8. The zero-order valence-electron chi connectivity index (χ0n) is 18.9. The van der Waals surface area contributed by atoms with E-state index >= 15 is 0 Å². The highest BCUT2D eigenvalue weighted by atomic mass is 35.5. The van der Waals surface area contributed by atoms with Crippen LogP contribution in [-0.2, 0) is 17.6 Å². The van der Waals surface area contributed by atoms with E-state index in [1.165, 1.54) is 0 Å². The third-order valence-corrected chi connectivity index (χ3v) is 6.40. The molecule has 1 atom stereocenters. The fourth-order valence-corrected chi connectivity index (χ4v) is 4.27. The van der Waals surface area contributed by atoms with E-state index in [-0.39, 0.29) is 6.42 Å². The highest BCUT2D eigenvalue weighted by Crippen LogP contribution is 2.28. The molecular weight excluding hydrogens is 448 g/mol. The van der Waals surface area contributed by atoms with E-state index in [1.807, 2.05) is 60.8 Å². The van der Waals surface area contributed by atoms with E-state index in [4.69, 9.17) is 17.3 Å². The maximum atomic E-state index is 13.5. The summed E-state index contributed by atoms with van der Waals surface area (Å²) in [4.78, 5) is 31.2. The van der Waals surface area contributed by atoms with Crippen molar-refractivity contribution in [3.8, 4) is 0 Å². The molecule has 0 saturated heterocycles. The minimum Gasteiger partial charge on any atom is -0.368 e. The molecule has 7 heteroatoms. The Hall–Kier alpha value is -3.77. The van der Waals surface area contributed by atoms with Gasteiger partial charge in [0.15, 0.2) is 0 Å². The third kappa shape index (κ3) is 5.07. The molecule has 0 saturated carbocycles. The summed E-state index contributed by atoms with van der Waals surface area (Å²) >= 11 is 5.98. The minimum atomic E-state index is -1.27. The number of carbonyl (C=O) groups is 2. The number of nitrogens with zero attached hydrogens (tertiary/aromatic N) is 1. The fraction of sp³-hybridized carbons (Fsp3) is 0.185. The molecule has 6 nitrogen and oxygen atoms in total. The van der Waals surface area contributed by atoms with Gasteiger partial charge in [0.25, 0.3) is 0 Å². The average molecular weight is 475 g/mol. The summed E-state index contributed by atoms with van der Waals surface area (Å²) in [6.45, 7) is 2.04. The topological polar surface area (TPSA) is 91.2 Å². The van der Waals surface area contributed by atoms with Crippen LogP contribution in [0.1, 0.15) is 18.1 Å². The zero-order valence-corrected chi connectivity index (χ0v) is 19.7. The maximum Gasteiger partial charge on any atom is 0.322 e. The second kappa shape index (κ2) is 10.0. The molecule has 4 N–H and O–H groups in total. The Morgan fingerprint density at radius 2 is 1.68 bits per heavy atom. The molecule has 0 bridgehead atoms. The molecule has 0 radical (unpaired) electrons. The molecule has 4 aromatic rings. The van der Waals surface area contributed by atoms with E-state index < -0.39 is 17.5 Å². The summed E-state index contributed by atoms with van der Waals surface area (Å²) in [5.74, 6) is -0.572. The van der Waals surface area contributed by atoms with Crippen molar-refractivity contribution in [2.45, 2.75) is 25.3 Å². The summed E-state index contributed by atoms with van der Waals surface area (Å²) < 4.78 is 0. The van der Waals surface area contributed by atoms with Crippen LogP contribution in [-0.4, -0.2) is 33.9 Å². The molecule has 4 rings (SSSR count). The number of anilines is 1. The summed E-state index contributed by atoms with van der Waals surface area (Å²) in [7, 11) is 0. The van der Waals surface area contributed by atoms with Crippen molar-refractivity contribution in [1.29, 1.82) is 0 Å². The smallest absolute Gasteiger partial charge is 0.322 e. The van der Waals surface area contributed by atoms with Crippen molar-refractivity contribution in [1.82, 2.24) is 9.88 Å². The number of nitrogens with two attached hydrogens (primary N) is 1. The summed E-state index contributed by atoms with van der Waals surface area (Å²) in [5, 5.41) is 4.46. The van der Waals surface area contributed by atoms with Gasteiger partial charge in [-0.15, -0.1) is 0 Å². The van der Waals surface area contributed by atoms with Crippen LogP contribution in [0.3, 0.4) is 0 Å². The average Bonchev–Trinajstić information content (AvgIpc) is 3.24. The van der Waals surface area contributed by atoms with E-state index in [2.05, 4.69) is 10.3 Å². The Balaban J connectivity index is 1.67. The largest absolute Gasteiger partial charge is 0.368 e. The van der Waals surface area contributed by atoms with Gasteiger partial charge in [0, 0.05) is 40.8 Å². The summed E-state index contributed by atoms with van der Waals surface area (Å²) in [6, 6.07) is 24.1. The van der Waals surface area contributed by atoms with Crippen molar-refractivity contribution in [2.75, 3.05) is 11.9 Å². The van der Waals surface area contributed by atoms with Crippen LogP contribution in [0.15, 0.2) is 85.1 Å². The number of amides is 3. The van der Waals surface area contributed by atoms with Gasteiger partial charge >= 0.3 is 6.03 Å². The molecule has 1 unspecified atom stereocenters. The number of fused-ring (bicyclic) bond motifs is 1. The van der Waals surface area contributed by atoms with Crippen molar-refractivity contribution in [2.24, 2.45) is 5.73 Å². The molecule has 34 heavy (non-hydrogen) atoms. The van der Waals surface area contributed by atoms with Crippen molar-refractivity contribution >= 4 is 40.1 Å². The number of halogens is 1. The van der Waals surface area contributed by atoms with Gasteiger partial charge in [-0.2, -0.15) is 0 Å². The Bertz CT molecular complexity index is 1290. The lowest BCUT2D eigenvalue weighted by Crippen LogP contribution is -2.60. The van der Waals surface area contributed by atoms with Gasteiger partial charge in [0.2, 0.25) is 5.91 Å². The predicted molar refractivity (Wildman–Crippen MR) is 137 cm³/mol. The molecule has 3 amide bonds. The number of aromatic nitrogens is 1. The standard InChI is InChI=1S/C27H27ClN4O2/c1-27(25(29)33,17-20-18-30-24-10-6-5-9-23(20)24)32(16-15-19-7-3-2-4-8-19)26(34)31-22-13-11-21(28)12-14-22/h2-14,18,30H,15-17H2,1H3,(H2,29,33)(H,31,34). The first-order chi connectivity index (χ1) is 16.4. The first-order valence-corrected chi connectivity index (χ1v) is 11.5. The Labute approximate surface area is 203 Å². The Kier molecular flexibility index (Phi) is 6.89. The van der Waals surface area contributed by atoms with Crippen LogP contribution in [0.5, 0.6) is 0 Å². The van der Waals surface area contributed by atoms with Crippen LogP contribution in [0.25, 0.3) is 10.9 Å². The molecule has 1 heterocycles. The van der Waals surface area contributed by atoms with Gasteiger partial charge in [0.1, 0.15) is 5.54 Å². The number of hydrogen-bond donors (Lipinski definition) is 3. The number of para-hydroxylation sites is 1. The van der Waals surface area contributed by atoms with Crippen LogP contribution in [0.2, 0.25) is 5.02 Å². The molecule has 0 fully saturated rings. The second-order valence-electron chi connectivity index (χ2n) is 8.50. The first-order valence-electron chi connectivity index (χ1n) is 11.1. The first kappa shape index (κ1) is 23.4. The Morgan fingerprint density at radius 1 is 1.00 bits per heavy atom. The van der Waals surface area contributed by atoms with Crippen molar-refractivity contribution in [3.63, 3.8) is 0 Å². The van der Waals surface area contributed by atoms with E-state index in [0.29, 0.717) is 23.7 Å². The Morgan fingerprint density at radius 3 is 2.38 bits per heavy atom. The minimum absolute atomic E-state index is 0.273. The van der Waals surface area contributed by atoms with Gasteiger partial charge in [-0.1, -0.05) is 60.1 Å². The number of urea groups is 1. The monoisotopic (exact) mass is 474 g/mol. The fourth-order valence-electron chi connectivity index (χ4n) is 4.15. The highest BCUT2D eigenvalue weighted by molar-refractivity contribution is 6.30. The molecule has 0 aliphatic rings. The maximum absolute atomic E-state index is 13.5. The van der Waals surface area contributed by atoms with Gasteiger partial charge in [-0.05, 0) is 54.8 Å². The number of H-pyrrole nitrogens is 1. The number of nitrogens with one attached hydrogen (secondary N) is 2. The summed E-state index contributed by atoms with van der Waals surface area (Å²) in [5.41, 5.74) is 8.22. The predicted octanol–water partition coefficient (Wildman–Crippen LogP) is 5.38. The molecule has 174 valence electrons. The van der Waals surface area contributed by atoms with E-state index in [9.17, 15) is 9.59 Å². The summed E-state index contributed by atoms with van der Waals surface area (Å²) in [6.07, 6.45) is 2.72. The SMILES string of the molecule is CC(Cc1c[nH]c2ccccc12)(C(N)=O)N(CCc1ccccc1)C(=O)Nc1ccc(Cl)cc1. The molecular formula is C27H27ClN4O2. The van der Waals surface area contributed by atoms with Crippen LogP contribution in [0.4, 0.5) is 10.5 Å². The molecule has 1 aromatic heterocycles. The van der Waals surface area contributed by atoms with Gasteiger partial charge in [0.05, 0.1) is 0 Å². The quantitative estimate of drug-likeness (QED) is 0.319. The highest BCUT2D eigenvalue weighted by Gasteiger charge is 2.41. The number of hydrogen-bond acceptors (Lipinski definition) is 2. The molecule has 0 aliphatic heterocycles. The van der Waals surface area contributed by atoms with Gasteiger partial charge in [-0.25, -0.2) is 4.79 Å². The second-order valence-corrected chi connectivity index (χ2v) is 8.94. The van der Waals surface area contributed by atoms with Gasteiger partial charge in [-0.3, -0.25) is 4.79 Å². The number of aromatic amines is 1. The van der Waals surface area contributed by atoms with Crippen LogP contribution in [0, 0.1) is 0 Å². The number of benzene rings is 3. The van der Waals surface area contributed by atoms with Crippen molar-refractivity contribution < 1.29 is 9.59 Å².